The van der Waals surface area contributed by atoms with Gasteiger partial charge in [-0.1, -0.05) is 29.3 Å². The zero-order chi connectivity index (χ0) is 19.2. The molecule has 150 valence electrons. The lowest BCUT2D eigenvalue weighted by molar-refractivity contribution is 0.0949. The van der Waals surface area contributed by atoms with E-state index in [1.54, 1.807) is 6.07 Å². The first kappa shape index (κ1) is 20.6. The zero-order valence-electron chi connectivity index (χ0n) is 15.5. The minimum atomic E-state index is -0.900. The number of benzene rings is 1. The molecule has 27 heavy (non-hydrogen) atoms. The largest absolute Gasteiger partial charge is 0.489 e. The van der Waals surface area contributed by atoms with Gasteiger partial charge in [0.05, 0.1) is 5.02 Å². The van der Waals surface area contributed by atoms with Gasteiger partial charge < -0.3 is 20.1 Å². The molecule has 1 aliphatic heterocycles. The maximum absolute atomic E-state index is 10.7. The summed E-state index contributed by atoms with van der Waals surface area (Å²) in [5, 5.41) is 12.4. The number of nitrogens with one attached hydrogen (secondary N) is 1. The van der Waals surface area contributed by atoms with Gasteiger partial charge in [-0.25, -0.2) is 4.79 Å². The normalized spacial score (nSPS) is 24.5. The van der Waals surface area contributed by atoms with Gasteiger partial charge in [0.1, 0.15) is 16.9 Å². The van der Waals surface area contributed by atoms with Crippen molar-refractivity contribution in [3.8, 4) is 5.75 Å². The lowest BCUT2D eigenvalue weighted by Crippen LogP contribution is -2.40. The Labute approximate surface area is 171 Å². The van der Waals surface area contributed by atoms with E-state index in [9.17, 15) is 4.79 Å². The molecule has 1 saturated heterocycles. The van der Waals surface area contributed by atoms with E-state index in [4.69, 9.17) is 33.0 Å². The number of carbonyl (C=O) groups is 1. The average Bonchev–Trinajstić information content (AvgIpc) is 2.66. The fourth-order valence-corrected chi connectivity index (χ4v) is 4.48. The van der Waals surface area contributed by atoms with Crippen LogP contribution in [0.15, 0.2) is 18.2 Å². The molecule has 1 aliphatic carbocycles. The van der Waals surface area contributed by atoms with Gasteiger partial charge in [0.2, 0.25) is 0 Å². The van der Waals surface area contributed by atoms with Gasteiger partial charge >= 0.3 is 6.09 Å². The Morgan fingerprint density at radius 2 is 1.85 bits per heavy atom. The molecule has 2 aliphatic rings. The van der Waals surface area contributed by atoms with Crippen molar-refractivity contribution in [1.29, 1.82) is 0 Å². The average molecular weight is 415 g/mol. The molecule has 1 amide bonds. The highest BCUT2D eigenvalue weighted by Crippen LogP contribution is 2.33. The quantitative estimate of drug-likeness (QED) is 0.682. The van der Waals surface area contributed by atoms with E-state index >= 15 is 0 Å². The molecular formula is C20H28Cl2N2O3. The number of likely N-dealkylation sites (tertiary alicyclic amines) is 1. The second-order valence-corrected chi connectivity index (χ2v) is 8.45. The third kappa shape index (κ3) is 6.16. The Hall–Kier alpha value is -1.17. The van der Waals surface area contributed by atoms with Crippen molar-refractivity contribution in [2.24, 2.45) is 5.92 Å². The van der Waals surface area contributed by atoms with E-state index in [2.05, 4.69) is 10.2 Å². The summed E-state index contributed by atoms with van der Waals surface area (Å²) in [6, 6.07) is 5.64. The van der Waals surface area contributed by atoms with Crippen LogP contribution in [0.3, 0.4) is 0 Å². The SMILES string of the molecule is O=C(O)NC1CCC(CCN2CCC(Oc3cccc(Cl)c3Cl)CC2)CC1. The summed E-state index contributed by atoms with van der Waals surface area (Å²) in [4.78, 5) is 13.2. The number of piperidine rings is 1. The Morgan fingerprint density at radius 3 is 2.52 bits per heavy atom. The minimum Gasteiger partial charge on any atom is -0.489 e. The molecule has 2 fully saturated rings. The van der Waals surface area contributed by atoms with Gasteiger partial charge in [-0.15, -0.1) is 0 Å². The maximum atomic E-state index is 10.7. The van der Waals surface area contributed by atoms with Crippen LogP contribution in [-0.4, -0.2) is 47.9 Å². The van der Waals surface area contributed by atoms with Gasteiger partial charge in [0.25, 0.3) is 0 Å². The Bertz CT molecular complexity index is 628. The monoisotopic (exact) mass is 414 g/mol. The van der Waals surface area contributed by atoms with Crippen LogP contribution in [0, 0.1) is 5.92 Å². The summed E-state index contributed by atoms with van der Waals surface area (Å²) < 4.78 is 6.06. The van der Waals surface area contributed by atoms with Gasteiger partial charge in [0, 0.05) is 19.1 Å². The molecule has 7 heteroatoms. The van der Waals surface area contributed by atoms with Crippen molar-refractivity contribution in [2.45, 2.75) is 57.1 Å². The number of rotatable bonds is 6. The highest BCUT2D eigenvalue weighted by Gasteiger charge is 2.25. The number of carboxylic acid groups (broad SMARTS) is 1. The van der Waals surface area contributed by atoms with Gasteiger partial charge in [-0.2, -0.15) is 0 Å². The van der Waals surface area contributed by atoms with Gasteiger partial charge in [-0.05, 0) is 69.5 Å². The number of hydrogen-bond acceptors (Lipinski definition) is 3. The van der Waals surface area contributed by atoms with Crippen molar-refractivity contribution in [3.05, 3.63) is 28.2 Å². The van der Waals surface area contributed by atoms with Gasteiger partial charge in [-0.3, -0.25) is 0 Å². The molecule has 1 aromatic carbocycles. The molecule has 0 spiro atoms. The van der Waals surface area contributed by atoms with Crippen LogP contribution >= 0.6 is 23.2 Å². The standard InChI is InChI=1S/C20H28Cl2N2O3/c21-17-2-1-3-18(19(17)22)27-16-9-12-24(13-10-16)11-8-14-4-6-15(7-5-14)23-20(25)26/h1-3,14-16,23H,4-13H2,(H,25,26). The van der Waals surface area contributed by atoms with Crippen molar-refractivity contribution < 1.29 is 14.6 Å². The lowest BCUT2D eigenvalue weighted by atomic mass is 9.84. The molecule has 0 unspecified atom stereocenters. The van der Waals surface area contributed by atoms with Gasteiger partial charge in [0.15, 0.2) is 0 Å². The fourth-order valence-electron chi connectivity index (χ4n) is 4.14. The number of hydrogen-bond donors (Lipinski definition) is 2. The van der Waals surface area contributed by atoms with Crippen LogP contribution in [0.5, 0.6) is 5.75 Å². The van der Waals surface area contributed by atoms with Crippen molar-refractivity contribution >= 4 is 29.3 Å². The smallest absolute Gasteiger partial charge is 0.404 e. The molecule has 2 N–H and O–H groups in total. The molecule has 0 aromatic heterocycles. The molecular weight excluding hydrogens is 387 g/mol. The summed E-state index contributed by atoms with van der Waals surface area (Å²) in [5.74, 6) is 1.39. The van der Waals surface area contributed by atoms with E-state index in [0.29, 0.717) is 15.8 Å². The predicted octanol–water partition coefficient (Wildman–Crippen LogP) is 5.05. The van der Waals surface area contributed by atoms with Crippen LogP contribution in [0.4, 0.5) is 4.79 Å². The predicted molar refractivity (Wildman–Crippen MR) is 108 cm³/mol. The lowest BCUT2D eigenvalue weighted by Gasteiger charge is -2.34. The third-order valence-electron chi connectivity index (χ3n) is 5.77. The summed E-state index contributed by atoms with van der Waals surface area (Å²) in [5.41, 5.74) is 0. The molecule has 3 rings (SSSR count). The molecule has 0 atom stereocenters. The second-order valence-electron chi connectivity index (χ2n) is 7.67. The van der Waals surface area contributed by atoms with E-state index in [1.807, 2.05) is 12.1 Å². The molecule has 0 bridgehead atoms. The van der Waals surface area contributed by atoms with Crippen LogP contribution in [-0.2, 0) is 0 Å². The van der Waals surface area contributed by atoms with E-state index in [0.717, 1.165) is 64.1 Å². The number of nitrogens with zero attached hydrogens (tertiary/aromatic N) is 1. The van der Waals surface area contributed by atoms with Crippen LogP contribution in [0.2, 0.25) is 10.0 Å². The van der Waals surface area contributed by atoms with Crippen LogP contribution in [0.25, 0.3) is 0 Å². The minimum absolute atomic E-state index is 0.143. The first-order chi connectivity index (χ1) is 13.0. The second kappa shape index (κ2) is 9.85. The molecule has 5 nitrogen and oxygen atoms in total. The summed E-state index contributed by atoms with van der Waals surface area (Å²) in [7, 11) is 0. The molecule has 0 radical (unpaired) electrons. The van der Waals surface area contributed by atoms with E-state index in [-0.39, 0.29) is 12.1 Å². The topological polar surface area (TPSA) is 61.8 Å². The third-order valence-corrected chi connectivity index (χ3v) is 6.57. The first-order valence-electron chi connectivity index (χ1n) is 9.83. The molecule has 1 aromatic rings. The Kier molecular flexibility index (Phi) is 7.50. The Morgan fingerprint density at radius 1 is 1.15 bits per heavy atom. The maximum Gasteiger partial charge on any atom is 0.404 e. The summed E-state index contributed by atoms with van der Waals surface area (Å²) in [6.45, 7) is 3.20. The van der Waals surface area contributed by atoms with Crippen molar-refractivity contribution in [2.75, 3.05) is 19.6 Å². The molecule has 1 saturated carbocycles. The van der Waals surface area contributed by atoms with Crippen LogP contribution in [0.1, 0.15) is 44.9 Å². The first-order valence-corrected chi connectivity index (χ1v) is 10.6. The zero-order valence-corrected chi connectivity index (χ0v) is 17.0. The van der Waals surface area contributed by atoms with E-state index < -0.39 is 6.09 Å². The van der Waals surface area contributed by atoms with Crippen molar-refractivity contribution in [1.82, 2.24) is 10.2 Å². The van der Waals surface area contributed by atoms with Crippen molar-refractivity contribution in [3.63, 3.8) is 0 Å². The summed E-state index contributed by atoms with van der Waals surface area (Å²) >= 11 is 12.3. The fraction of sp³-hybridized carbons (Fsp3) is 0.650. The molecule has 1 heterocycles. The number of halogens is 2. The highest BCUT2D eigenvalue weighted by molar-refractivity contribution is 6.42. The van der Waals surface area contributed by atoms with Crippen LogP contribution < -0.4 is 10.1 Å². The summed E-state index contributed by atoms with van der Waals surface area (Å²) in [6.07, 6.45) is 6.66. The highest BCUT2D eigenvalue weighted by atomic mass is 35.5. The number of ether oxygens (including phenoxy) is 1. The van der Waals surface area contributed by atoms with E-state index in [1.165, 1.54) is 6.42 Å². The Balaban J connectivity index is 1.34. The number of amides is 1.